The van der Waals surface area contributed by atoms with Crippen molar-refractivity contribution in [1.29, 1.82) is 0 Å². The molecule has 5 nitrogen and oxygen atoms in total. The maximum atomic E-state index is 10.9. The van der Waals surface area contributed by atoms with Crippen LogP contribution in [0.4, 0.5) is 4.79 Å². The Kier molecular flexibility index (Phi) is 5.23. The van der Waals surface area contributed by atoms with Crippen LogP contribution in [0.3, 0.4) is 0 Å². The van der Waals surface area contributed by atoms with Gasteiger partial charge in [0, 0.05) is 5.33 Å². The van der Waals surface area contributed by atoms with E-state index >= 15 is 0 Å². The summed E-state index contributed by atoms with van der Waals surface area (Å²) >= 11 is 2.99. The van der Waals surface area contributed by atoms with Crippen LogP contribution < -0.4 is 5.73 Å². The molecule has 0 saturated carbocycles. The monoisotopic (exact) mass is 259 g/mol. The average molecular weight is 260 g/mol. The smallest absolute Gasteiger partial charge is 0.404 e. The predicted octanol–water partition coefficient (Wildman–Crippen LogP) is -0.109. The van der Waals surface area contributed by atoms with Crippen molar-refractivity contribution >= 4 is 31.9 Å². The molecule has 0 radical (unpaired) electrons. The lowest BCUT2D eigenvalue weighted by Crippen LogP contribution is -2.21. The largest absolute Gasteiger partial charge is 0.449 e. The van der Waals surface area contributed by atoms with Crippen LogP contribution in [0.25, 0.3) is 0 Å². The molecule has 0 aliphatic carbocycles. The van der Waals surface area contributed by atoms with E-state index in [1.165, 1.54) is 0 Å². The van der Waals surface area contributed by atoms with E-state index in [4.69, 9.17) is 0 Å². The van der Waals surface area contributed by atoms with Gasteiger partial charge >= 0.3 is 6.09 Å². The molecule has 0 fully saturated rings. The first kappa shape index (κ1) is 11.7. The van der Waals surface area contributed by atoms with Crippen molar-refractivity contribution in [2.24, 2.45) is 5.73 Å². The minimum absolute atomic E-state index is 0.0368. The van der Waals surface area contributed by atoms with E-state index in [1.807, 2.05) is 0 Å². The van der Waals surface area contributed by atoms with E-state index in [0.29, 0.717) is 5.33 Å². The van der Waals surface area contributed by atoms with E-state index in [2.05, 4.69) is 26.4 Å². The number of nitrogens with two attached hydrogens (primary N) is 1. The van der Waals surface area contributed by atoms with Gasteiger partial charge in [0.1, 0.15) is 6.61 Å². The van der Waals surface area contributed by atoms with Crippen LogP contribution >= 0.6 is 15.9 Å². The molecule has 0 aliphatic rings. The van der Waals surface area contributed by atoms with Crippen molar-refractivity contribution in [2.45, 2.75) is 0 Å². The molecule has 0 bridgehead atoms. The summed E-state index contributed by atoms with van der Waals surface area (Å²) in [7, 11) is -3.11. The molecule has 0 saturated heterocycles. The van der Waals surface area contributed by atoms with Crippen LogP contribution in [-0.2, 0) is 14.6 Å². The number of primary amides is 1. The fraction of sp³-hybridized carbons (Fsp3) is 0.800. The number of hydrogen-bond acceptors (Lipinski definition) is 4. The number of carbonyl (C=O) groups excluding carboxylic acids is 1. The second kappa shape index (κ2) is 5.36. The first-order valence-corrected chi connectivity index (χ1v) is 6.11. The molecule has 7 heteroatoms. The van der Waals surface area contributed by atoms with Gasteiger partial charge in [-0.05, 0) is 0 Å². The highest BCUT2D eigenvalue weighted by molar-refractivity contribution is 9.09. The Morgan fingerprint density at radius 1 is 1.42 bits per heavy atom. The highest BCUT2D eigenvalue weighted by atomic mass is 79.9. The van der Waals surface area contributed by atoms with Crippen LogP contribution in [0, 0.1) is 0 Å². The fourth-order valence-corrected chi connectivity index (χ4v) is 2.75. The number of hydrogen-bond donors (Lipinski definition) is 1. The Morgan fingerprint density at radius 3 is 2.42 bits per heavy atom. The third kappa shape index (κ3) is 6.41. The Bertz CT molecular complexity index is 238. The Balaban J connectivity index is 3.69. The van der Waals surface area contributed by atoms with Gasteiger partial charge in [-0.2, -0.15) is 0 Å². The first-order chi connectivity index (χ1) is 5.48. The maximum Gasteiger partial charge on any atom is 0.404 e. The van der Waals surface area contributed by atoms with Crippen LogP contribution in [0.1, 0.15) is 0 Å². The first-order valence-electron chi connectivity index (χ1n) is 3.16. The van der Waals surface area contributed by atoms with Crippen molar-refractivity contribution < 1.29 is 17.9 Å². The Hall–Kier alpha value is -0.300. The molecule has 1 amide bonds. The normalized spacial score (nSPS) is 11.1. The zero-order valence-electron chi connectivity index (χ0n) is 6.32. The number of alkyl halides is 1. The van der Waals surface area contributed by atoms with Gasteiger partial charge in [0.05, 0.1) is 11.5 Å². The highest BCUT2D eigenvalue weighted by Crippen LogP contribution is 1.93. The molecule has 2 N–H and O–H groups in total. The van der Waals surface area contributed by atoms with Gasteiger partial charge in [0.15, 0.2) is 9.84 Å². The summed E-state index contributed by atoms with van der Waals surface area (Å²) in [4.78, 5) is 10.0. The zero-order valence-corrected chi connectivity index (χ0v) is 8.73. The lowest BCUT2D eigenvalue weighted by atomic mass is 10.8. The van der Waals surface area contributed by atoms with Crippen LogP contribution in [-0.4, -0.2) is 38.0 Å². The molecular formula is C5H10BrNO4S. The van der Waals surface area contributed by atoms with E-state index in [0.717, 1.165) is 0 Å². The average Bonchev–Trinajstić information content (AvgIpc) is 1.85. The lowest BCUT2D eigenvalue weighted by Gasteiger charge is -2.01. The summed E-state index contributed by atoms with van der Waals surface area (Å²) < 4.78 is 26.2. The molecule has 0 aromatic rings. The van der Waals surface area contributed by atoms with Crippen molar-refractivity contribution in [3.8, 4) is 0 Å². The molecule has 0 heterocycles. The molecular weight excluding hydrogens is 250 g/mol. The number of rotatable bonds is 5. The van der Waals surface area contributed by atoms with E-state index in [-0.39, 0.29) is 18.1 Å². The molecule has 0 rings (SSSR count). The summed E-state index contributed by atoms with van der Waals surface area (Å²) in [6, 6.07) is 0. The molecule has 0 atom stereocenters. The highest BCUT2D eigenvalue weighted by Gasteiger charge is 2.09. The van der Waals surface area contributed by atoms with Gasteiger partial charge in [0.25, 0.3) is 0 Å². The number of ether oxygens (including phenoxy) is 1. The van der Waals surface area contributed by atoms with Gasteiger partial charge in [-0.3, -0.25) is 0 Å². The summed E-state index contributed by atoms with van der Waals surface area (Å²) in [5.74, 6) is -0.142. The number of amides is 1. The van der Waals surface area contributed by atoms with Gasteiger partial charge in [-0.1, -0.05) is 15.9 Å². The summed E-state index contributed by atoms with van der Waals surface area (Å²) in [6.45, 7) is -0.176. The molecule has 0 aliphatic heterocycles. The third-order valence-corrected chi connectivity index (χ3v) is 3.56. The van der Waals surface area contributed by atoms with E-state index in [1.54, 1.807) is 0 Å². The SMILES string of the molecule is NC(=O)OCCS(=O)(=O)CCBr. The van der Waals surface area contributed by atoms with Gasteiger partial charge in [0.2, 0.25) is 0 Å². The number of halogens is 1. The van der Waals surface area contributed by atoms with E-state index < -0.39 is 15.9 Å². The fourth-order valence-electron chi connectivity index (χ4n) is 0.489. The summed E-state index contributed by atoms with van der Waals surface area (Å²) in [6.07, 6.45) is -0.955. The summed E-state index contributed by atoms with van der Waals surface area (Å²) in [5.41, 5.74) is 4.63. The minimum Gasteiger partial charge on any atom is -0.449 e. The van der Waals surface area contributed by atoms with Crippen LogP contribution in [0.15, 0.2) is 0 Å². The molecule has 72 valence electrons. The van der Waals surface area contributed by atoms with Crippen molar-refractivity contribution in [2.75, 3.05) is 23.4 Å². The Labute approximate surface area is 79.3 Å². The molecule has 0 spiro atoms. The number of sulfone groups is 1. The molecule has 0 aromatic heterocycles. The van der Waals surface area contributed by atoms with Crippen molar-refractivity contribution in [3.05, 3.63) is 0 Å². The van der Waals surface area contributed by atoms with Gasteiger partial charge < -0.3 is 10.5 Å². The topological polar surface area (TPSA) is 86.5 Å². The van der Waals surface area contributed by atoms with Crippen molar-refractivity contribution in [3.63, 3.8) is 0 Å². The van der Waals surface area contributed by atoms with Crippen molar-refractivity contribution in [1.82, 2.24) is 0 Å². The van der Waals surface area contributed by atoms with Crippen LogP contribution in [0.5, 0.6) is 0 Å². The molecule has 0 aromatic carbocycles. The standard InChI is InChI=1S/C5H10BrNO4S/c6-1-3-12(9,10)4-2-11-5(7)8/h1-4H2,(H2,7,8). The second-order valence-corrected chi connectivity index (χ2v) is 5.10. The maximum absolute atomic E-state index is 10.9. The summed E-state index contributed by atoms with van der Waals surface area (Å²) in [5, 5.41) is 0.381. The lowest BCUT2D eigenvalue weighted by molar-refractivity contribution is 0.163. The zero-order chi connectivity index (χ0) is 9.61. The minimum atomic E-state index is -3.11. The second-order valence-electron chi connectivity index (χ2n) is 2.01. The van der Waals surface area contributed by atoms with Crippen LogP contribution in [0.2, 0.25) is 0 Å². The quantitative estimate of drug-likeness (QED) is 0.699. The molecule has 12 heavy (non-hydrogen) atoms. The molecule has 0 unspecified atom stereocenters. The predicted molar refractivity (Wildman–Crippen MR) is 48.0 cm³/mol. The van der Waals surface area contributed by atoms with Gasteiger partial charge in [-0.15, -0.1) is 0 Å². The Morgan fingerprint density at radius 2 is 2.00 bits per heavy atom. The van der Waals surface area contributed by atoms with E-state index in [9.17, 15) is 13.2 Å². The van der Waals surface area contributed by atoms with Gasteiger partial charge in [-0.25, -0.2) is 13.2 Å². The number of carbonyl (C=O) groups is 1. The third-order valence-electron chi connectivity index (χ3n) is 1.03.